The van der Waals surface area contributed by atoms with Gasteiger partial charge in [0.05, 0.1) is 11.2 Å². The molecular formula is C17H19F3O. The summed E-state index contributed by atoms with van der Waals surface area (Å²) in [6.07, 6.45) is 0.442. The van der Waals surface area contributed by atoms with E-state index in [-0.39, 0.29) is 11.5 Å². The van der Waals surface area contributed by atoms with Gasteiger partial charge in [0.25, 0.3) is 0 Å². The largest absolute Gasteiger partial charge is 0.416 e. The fourth-order valence-electron chi connectivity index (χ4n) is 5.53. The molecular weight excluding hydrogens is 277 g/mol. The molecule has 3 aliphatic carbocycles. The standard InChI is InChI=1S/C17H19F3O/c18-17(19,20)14-7-2-1-6-13(14)16(21)9-10-8-15(16)12-5-3-4-11(10)12/h1-2,6-7,10-12,15,21H,3-5,8-9H2. The second-order valence-corrected chi connectivity index (χ2v) is 7.03. The molecule has 1 N–H and O–H groups in total. The number of halogens is 3. The molecule has 0 aliphatic heterocycles. The van der Waals surface area contributed by atoms with Crippen molar-refractivity contribution in [2.45, 2.75) is 43.9 Å². The van der Waals surface area contributed by atoms with E-state index in [1.54, 1.807) is 6.07 Å². The Labute approximate surface area is 122 Å². The van der Waals surface area contributed by atoms with Gasteiger partial charge in [-0.1, -0.05) is 24.6 Å². The summed E-state index contributed by atoms with van der Waals surface area (Å²) in [5, 5.41) is 11.1. The highest BCUT2D eigenvalue weighted by Crippen LogP contribution is 2.65. The highest BCUT2D eigenvalue weighted by molar-refractivity contribution is 5.37. The van der Waals surface area contributed by atoms with Crippen molar-refractivity contribution in [1.82, 2.24) is 0 Å². The van der Waals surface area contributed by atoms with Crippen LogP contribution in [0.4, 0.5) is 13.2 Å². The molecule has 1 aromatic rings. The molecule has 0 radical (unpaired) electrons. The predicted molar refractivity (Wildman–Crippen MR) is 72.4 cm³/mol. The van der Waals surface area contributed by atoms with Crippen molar-refractivity contribution in [3.63, 3.8) is 0 Å². The summed E-state index contributed by atoms with van der Waals surface area (Å²) >= 11 is 0. The third kappa shape index (κ3) is 1.81. The van der Waals surface area contributed by atoms with Crippen LogP contribution < -0.4 is 0 Å². The number of benzene rings is 1. The average Bonchev–Trinajstić information content (AvgIpc) is 3.08. The molecule has 3 saturated carbocycles. The second-order valence-electron chi connectivity index (χ2n) is 7.03. The highest BCUT2D eigenvalue weighted by Gasteiger charge is 2.62. The van der Waals surface area contributed by atoms with E-state index >= 15 is 0 Å². The Morgan fingerprint density at radius 1 is 1.10 bits per heavy atom. The minimum Gasteiger partial charge on any atom is -0.385 e. The van der Waals surface area contributed by atoms with Crippen LogP contribution in [0.1, 0.15) is 43.2 Å². The molecule has 4 rings (SSSR count). The van der Waals surface area contributed by atoms with Crippen LogP contribution in [-0.2, 0) is 11.8 Å². The topological polar surface area (TPSA) is 20.2 Å². The number of alkyl halides is 3. The Morgan fingerprint density at radius 2 is 1.81 bits per heavy atom. The normalized spacial score (nSPS) is 41.5. The first kappa shape index (κ1) is 13.6. The lowest BCUT2D eigenvalue weighted by Crippen LogP contribution is -2.40. The molecule has 1 aromatic carbocycles. The van der Waals surface area contributed by atoms with Gasteiger partial charge in [0.2, 0.25) is 0 Å². The molecule has 3 aliphatic rings. The van der Waals surface area contributed by atoms with Gasteiger partial charge in [-0.15, -0.1) is 0 Å². The van der Waals surface area contributed by atoms with Crippen LogP contribution in [0.2, 0.25) is 0 Å². The highest BCUT2D eigenvalue weighted by atomic mass is 19.4. The van der Waals surface area contributed by atoms with Gasteiger partial charge in [0.15, 0.2) is 0 Å². The first-order valence-corrected chi connectivity index (χ1v) is 7.80. The molecule has 1 nitrogen and oxygen atoms in total. The molecule has 0 amide bonds. The van der Waals surface area contributed by atoms with Gasteiger partial charge in [-0.3, -0.25) is 0 Å². The fourth-order valence-corrected chi connectivity index (χ4v) is 5.53. The van der Waals surface area contributed by atoms with Crippen molar-refractivity contribution in [2.24, 2.45) is 23.7 Å². The average molecular weight is 296 g/mol. The monoisotopic (exact) mass is 296 g/mol. The first-order valence-electron chi connectivity index (χ1n) is 7.80. The zero-order chi connectivity index (χ0) is 14.8. The molecule has 0 saturated heterocycles. The third-order valence-corrected chi connectivity index (χ3v) is 6.19. The Balaban J connectivity index is 1.78. The van der Waals surface area contributed by atoms with Crippen LogP contribution in [0.3, 0.4) is 0 Å². The van der Waals surface area contributed by atoms with E-state index < -0.39 is 17.3 Å². The zero-order valence-electron chi connectivity index (χ0n) is 11.7. The second kappa shape index (κ2) is 4.25. The number of aliphatic hydroxyl groups is 1. The van der Waals surface area contributed by atoms with Gasteiger partial charge >= 0.3 is 6.18 Å². The number of rotatable bonds is 1. The van der Waals surface area contributed by atoms with Gasteiger partial charge in [-0.2, -0.15) is 13.2 Å². The van der Waals surface area contributed by atoms with Crippen molar-refractivity contribution in [3.05, 3.63) is 35.4 Å². The smallest absolute Gasteiger partial charge is 0.385 e. The van der Waals surface area contributed by atoms with Gasteiger partial charge in [-0.05, 0) is 61.0 Å². The lowest BCUT2D eigenvalue weighted by Gasteiger charge is -2.40. The van der Waals surface area contributed by atoms with E-state index in [4.69, 9.17) is 0 Å². The Hall–Kier alpha value is -1.03. The Bertz CT molecular complexity index is 567. The van der Waals surface area contributed by atoms with Gasteiger partial charge in [-0.25, -0.2) is 0 Å². The van der Waals surface area contributed by atoms with E-state index in [0.29, 0.717) is 24.2 Å². The molecule has 4 heteroatoms. The number of fused-ring (bicyclic) bond motifs is 5. The van der Waals surface area contributed by atoms with Gasteiger partial charge < -0.3 is 5.11 Å². The molecule has 0 heterocycles. The lowest BCUT2D eigenvalue weighted by atomic mass is 9.69. The van der Waals surface area contributed by atoms with Crippen molar-refractivity contribution in [1.29, 1.82) is 0 Å². The summed E-state index contributed by atoms with van der Waals surface area (Å²) in [6, 6.07) is 5.60. The fraction of sp³-hybridized carbons (Fsp3) is 0.647. The van der Waals surface area contributed by atoms with E-state index in [1.165, 1.54) is 25.0 Å². The molecule has 0 spiro atoms. The van der Waals surface area contributed by atoms with Crippen molar-refractivity contribution >= 4 is 0 Å². The Kier molecular flexibility index (Phi) is 2.76. The maximum atomic E-state index is 13.3. The van der Waals surface area contributed by atoms with Crippen LogP contribution in [-0.4, -0.2) is 5.11 Å². The van der Waals surface area contributed by atoms with Crippen LogP contribution >= 0.6 is 0 Å². The van der Waals surface area contributed by atoms with E-state index in [1.807, 2.05) is 0 Å². The van der Waals surface area contributed by atoms with Gasteiger partial charge in [0.1, 0.15) is 0 Å². The minimum atomic E-state index is -4.40. The molecule has 2 bridgehead atoms. The van der Waals surface area contributed by atoms with E-state index in [0.717, 1.165) is 18.9 Å². The van der Waals surface area contributed by atoms with Crippen LogP contribution in [0.5, 0.6) is 0 Å². The third-order valence-electron chi connectivity index (χ3n) is 6.19. The predicted octanol–water partition coefficient (Wildman–Crippen LogP) is 4.35. The Morgan fingerprint density at radius 3 is 2.57 bits per heavy atom. The number of hydrogen-bond acceptors (Lipinski definition) is 1. The lowest BCUT2D eigenvalue weighted by molar-refractivity contribution is -0.143. The maximum Gasteiger partial charge on any atom is 0.416 e. The summed E-state index contributed by atoms with van der Waals surface area (Å²) in [6.45, 7) is 0. The molecule has 3 fully saturated rings. The zero-order valence-corrected chi connectivity index (χ0v) is 11.7. The number of hydrogen-bond donors (Lipinski definition) is 1. The molecule has 0 aromatic heterocycles. The molecule has 5 unspecified atom stereocenters. The summed E-state index contributed by atoms with van der Waals surface area (Å²) in [5.41, 5.74) is -1.83. The summed E-state index contributed by atoms with van der Waals surface area (Å²) < 4.78 is 39.8. The van der Waals surface area contributed by atoms with Crippen LogP contribution in [0, 0.1) is 23.7 Å². The van der Waals surface area contributed by atoms with Crippen molar-refractivity contribution < 1.29 is 18.3 Å². The molecule has 21 heavy (non-hydrogen) atoms. The summed E-state index contributed by atoms with van der Waals surface area (Å²) in [7, 11) is 0. The van der Waals surface area contributed by atoms with Crippen molar-refractivity contribution in [3.8, 4) is 0 Å². The van der Waals surface area contributed by atoms with Crippen molar-refractivity contribution in [2.75, 3.05) is 0 Å². The summed E-state index contributed by atoms with van der Waals surface area (Å²) in [5.74, 6) is 1.50. The van der Waals surface area contributed by atoms with Crippen LogP contribution in [0.15, 0.2) is 24.3 Å². The minimum absolute atomic E-state index is 0.0125. The summed E-state index contributed by atoms with van der Waals surface area (Å²) in [4.78, 5) is 0. The molecule has 5 atom stereocenters. The quantitative estimate of drug-likeness (QED) is 0.817. The van der Waals surface area contributed by atoms with Crippen LogP contribution in [0.25, 0.3) is 0 Å². The SMILES string of the molecule is OC1(c2ccccc2C(F)(F)F)CC2CC1C1CCCC21. The van der Waals surface area contributed by atoms with Gasteiger partial charge in [0, 0.05) is 0 Å². The van der Waals surface area contributed by atoms with E-state index in [2.05, 4.69) is 0 Å². The first-order chi connectivity index (χ1) is 9.91. The molecule has 114 valence electrons. The maximum absolute atomic E-state index is 13.3. The van der Waals surface area contributed by atoms with E-state index in [9.17, 15) is 18.3 Å².